The fourth-order valence-electron chi connectivity index (χ4n) is 2.24. The molecule has 0 radical (unpaired) electrons. The van der Waals surface area contributed by atoms with Crippen LogP contribution in [0.4, 0.5) is 11.4 Å². The molecule has 0 spiro atoms. The van der Waals surface area contributed by atoms with Gasteiger partial charge in [-0.2, -0.15) is 0 Å². The summed E-state index contributed by atoms with van der Waals surface area (Å²) in [7, 11) is 0. The first-order chi connectivity index (χ1) is 16.2. The Morgan fingerprint density at radius 3 is 1.21 bits per heavy atom. The average Bonchev–Trinajstić information content (AvgIpc) is 3.54. The van der Waals surface area contributed by atoms with Gasteiger partial charge in [0.1, 0.15) is 0 Å². The summed E-state index contributed by atoms with van der Waals surface area (Å²) in [6.45, 7) is 0. The molecule has 2 aromatic carbocycles. The smallest absolute Gasteiger partial charge is 0.335 e. The Morgan fingerprint density at radius 1 is 0.676 bits per heavy atom. The summed E-state index contributed by atoms with van der Waals surface area (Å²) in [5.74, 6) is -0.648. The normalized spacial score (nSPS) is 9.53. The lowest BCUT2D eigenvalue weighted by Gasteiger charge is -1.92. The van der Waals surface area contributed by atoms with Gasteiger partial charge in [0, 0.05) is 49.1 Å². The molecule has 0 unspecified atom stereocenters. The first kappa shape index (κ1) is 24.9. The summed E-state index contributed by atoms with van der Waals surface area (Å²) in [6, 6.07) is 9.40. The van der Waals surface area contributed by atoms with Crippen LogP contribution in [0.15, 0.2) is 73.3 Å². The van der Waals surface area contributed by atoms with Gasteiger partial charge < -0.3 is 20.2 Å². The topological polar surface area (TPSA) is 218 Å². The Bertz CT molecular complexity index is 1070. The van der Waals surface area contributed by atoms with E-state index in [1.165, 1.54) is 24.3 Å². The molecule has 0 aliphatic heterocycles. The zero-order valence-electron chi connectivity index (χ0n) is 17.1. The van der Waals surface area contributed by atoms with E-state index < -0.39 is 21.8 Å². The molecule has 2 aromatic heterocycles. The van der Waals surface area contributed by atoms with Gasteiger partial charge in [0.25, 0.3) is 11.4 Å². The van der Waals surface area contributed by atoms with E-state index >= 15 is 0 Å². The predicted molar refractivity (Wildman–Crippen MR) is 116 cm³/mol. The fraction of sp³-hybridized carbons (Fsp3) is 0. The van der Waals surface area contributed by atoms with Crippen molar-refractivity contribution < 1.29 is 29.6 Å². The number of nitrogens with one attached hydrogen (secondary N) is 2. The molecule has 0 saturated carbocycles. The highest BCUT2D eigenvalue weighted by Gasteiger charge is 2.07. The number of imidazole rings is 2. The Labute approximate surface area is 189 Å². The average molecular weight is 468 g/mol. The van der Waals surface area contributed by atoms with E-state index in [2.05, 4.69) is 19.9 Å². The molecule has 0 fully saturated rings. The SMILES string of the molecule is O=C(O)c1ccc([N+](=O)[O-])cc1.O=C(O)c1ccc([N+](=O)[O-])cc1.c1c[nH]c(-c2ncc[nH]2)n1. The largest absolute Gasteiger partial charge is 0.478 e. The Kier molecular flexibility index (Phi) is 8.66. The molecule has 0 aliphatic rings. The van der Waals surface area contributed by atoms with Crippen molar-refractivity contribution in [2.75, 3.05) is 0 Å². The summed E-state index contributed by atoms with van der Waals surface area (Å²) in [6.07, 6.45) is 6.91. The second kappa shape index (κ2) is 11.8. The van der Waals surface area contributed by atoms with E-state index in [9.17, 15) is 29.8 Å². The third-order valence-electron chi connectivity index (χ3n) is 3.87. The van der Waals surface area contributed by atoms with Gasteiger partial charge in [-0.3, -0.25) is 20.2 Å². The molecule has 0 aliphatic carbocycles. The fourth-order valence-corrected chi connectivity index (χ4v) is 2.24. The van der Waals surface area contributed by atoms with Crippen LogP contribution in [-0.2, 0) is 0 Å². The van der Waals surface area contributed by atoms with E-state index in [4.69, 9.17) is 10.2 Å². The van der Waals surface area contributed by atoms with E-state index in [-0.39, 0.29) is 22.5 Å². The number of rotatable bonds is 5. The summed E-state index contributed by atoms with van der Waals surface area (Å²) in [4.78, 5) is 53.6. The van der Waals surface area contributed by atoms with Crippen LogP contribution in [0.2, 0.25) is 0 Å². The second-order valence-corrected chi connectivity index (χ2v) is 6.09. The van der Waals surface area contributed by atoms with Crippen molar-refractivity contribution in [2.45, 2.75) is 0 Å². The summed E-state index contributed by atoms with van der Waals surface area (Å²) in [5.41, 5.74) is -0.138. The maximum absolute atomic E-state index is 10.3. The zero-order valence-corrected chi connectivity index (χ0v) is 17.1. The Balaban J connectivity index is 0.000000181. The Hall–Kier alpha value is -5.40. The molecule has 174 valence electrons. The number of hydrogen-bond acceptors (Lipinski definition) is 8. The molecule has 4 aromatic rings. The molecule has 0 atom stereocenters. The van der Waals surface area contributed by atoms with E-state index in [0.717, 1.165) is 35.9 Å². The number of non-ortho nitro benzene ring substituents is 2. The quantitative estimate of drug-likeness (QED) is 0.247. The molecule has 14 heteroatoms. The molecule has 2 heterocycles. The van der Waals surface area contributed by atoms with Gasteiger partial charge in [-0.15, -0.1) is 0 Å². The number of nitro benzene ring substituents is 2. The Morgan fingerprint density at radius 2 is 1.00 bits per heavy atom. The van der Waals surface area contributed by atoms with Gasteiger partial charge in [-0.25, -0.2) is 19.6 Å². The van der Waals surface area contributed by atoms with Crippen LogP contribution in [0.25, 0.3) is 11.6 Å². The highest BCUT2D eigenvalue weighted by molar-refractivity contribution is 5.88. The first-order valence-electron chi connectivity index (χ1n) is 9.13. The monoisotopic (exact) mass is 468 g/mol. The van der Waals surface area contributed by atoms with Crippen molar-refractivity contribution in [1.29, 1.82) is 0 Å². The standard InChI is InChI=1S/2C7H5NO4.C6H6N4/c2*9-7(10)5-1-3-6(4-2-5)8(11)12;1-2-8-5(7-1)6-9-3-4-10-6/h2*1-4H,(H,9,10);1-4H,(H,7,8)(H,9,10). The zero-order chi connectivity index (χ0) is 25.1. The van der Waals surface area contributed by atoms with Gasteiger partial charge >= 0.3 is 11.9 Å². The van der Waals surface area contributed by atoms with Crippen LogP contribution < -0.4 is 0 Å². The number of nitro groups is 2. The van der Waals surface area contributed by atoms with Gasteiger partial charge in [0.15, 0.2) is 11.6 Å². The van der Waals surface area contributed by atoms with Crippen LogP contribution in [0, 0.1) is 20.2 Å². The molecule has 0 bridgehead atoms. The molecular formula is C20H16N6O8. The predicted octanol–water partition coefficient (Wildman–Crippen LogP) is 3.39. The minimum absolute atomic E-state index is 0.0422. The lowest BCUT2D eigenvalue weighted by Crippen LogP contribution is -1.96. The number of aromatic amines is 2. The van der Waals surface area contributed by atoms with Crippen LogP contribution in [-0.4, -0.2) is 51.9 Å². The summed E-state index contributed by atoms with van der Waals surface area (Å²) >= 11 is 0. The number of carboxylic acid groups (broad SMARTS) is 2. The molecule has 34 heavy (non-hydrogen) atoms. The first-order valence-corrected chi connectivity index (χ1v) is 9.13. The highest BCUT2D eigenvalue weighted by atomic mass is 16.6. The second-order valence-electron chi connectivity index (χ2n) is 6.09. The lowest BCUT2D eigenvalue weighted by atomic mass is 10.2. The molecule has 14 nitrogen and oxygen atoms in total. The highest BCUT2D eigenvalue weighted by Crippen LogP contribution is 2.12. The number of H-pyrrole nitrogens is 2. The molecule has 0 amide bonds. The molecule has 0 saturated heterocycles. The molecule has 4 rings (SSSR count). The number of benzene rings is 2. The van der Waals surface area contributed by atoms with Crippen molar-refractivity contribution in [3.05, 3.63) is 105 Å². The van der Waals surface area contributed by atoms with E-state index in [0.29, 0.717) is 0 Å². The van der Waals surface area contributed by atoms with Crippen molar-refractivity contribution >= 4 is 23.3 Å². The maximum atomic E-state index is 10.3. The van der Waals surface area contributed by atoms with Crippen molar-refractivity contribution in [2.24, 2.45) is 0 Å². The van der Waals surface area contributed by atoms with Gasteiger partial charge in [0.2, 0.25) is 0 Å². The van der Waals surface area contributed by atoms with Crippen LogP contribution in [0.1, 0.15) is 20.7 Å². The van der Waals surface area contributed by atoms with Gasteiger partial charge in [0.05, 0.1) is 21.0 Å². The third-order valence-corrected chi connectivity index (χ3v) is 3.87. The number of aromatic carboxylic acids is 2. The summed E-state index contributed by atoms with van der Waals surface area (Å²) in [5, 5.41) is 37.2. The molecular weight excluding hydrogens is 452 g/mol. The third kappa shape index (κ3) is 7.38. The lowest BCUT2D eigenvalue weighted by molar-refractivity contribution is -0.385. The van der Waals surface area contributed by atoms with Crippen LogP contribution in [0.3, 0.4) is 0 Å². The minimum atomic E-state index is -1.09. The van der Waals surface area contributed by atoms with E-state index in [1.807, 2.05) is 0 Å². The number of carbonyl (C=O) groups is 2. The number of hydrogen-bond donors (Lipinski definition) is 4. The van der Waals surface area contributed by atoms with Gasteiger partial charge in [-0.1, -0.05) is 0 Å². The number of aromatic nitrogens is 4. The van der Waals surface area contributed by atoms with E-state index in [1.54, 1.807) is 24.8 Å². The number of carboxylic acids is 2. The summed E-state index contributed by atoms with van der Waals surface area (Å²) < 4.78 is 0. The van der Waals surface area contributed by atoms with Crippen molar-refractivity contribution in [3.8, 4) is 11.6 Å². The van der Waals surface area contributed by atoms with Gasteiger partial charge in [-0.05, 0) is 24.3 Å². The minimum Gasteiger partial charge on any atom is -0.478 e. The number of nitrogens with zero attached hydrogens (tertiary/aromatic N) is 4. The van der Waals surface area contributed by atoms with Crippen molar-refractivity contribution in [1.82, 2.24) is 19.9 Å². The molecule has 4 N–H and O–H groups in total. The van der Waals surface area contributed by atoms with Crippen LogP contribution in [0.5, 0.6) is 0 Å². The van der Waals surface area contributed by atoms with Crippen molar-refractivity contribution in [3.63, 3.8) is 0 Å². The van der Waals surface area contributed by atoms with Crippen LogP contribution >= 0.6 is 0 Å². The maximum Gasteiger partial charge on any atom is 0.335 e.